The molecule has 0 aliphatic carbocycles. The molecule has 1 aromatic carbocycles. The number of piperazine rings is 1. The number of likely N-dealkylation sites (N-methyl/N-ethyl adjacent to an activating group) is 1. The quantitative estimate of drug-likeness (QED) is 0.823. The highest BCUT2D eigenvalue weighted by Crippen LogP contribution is 2.26. The van der Waals surface area contributed by atoms with E-state index in [0.29, 0.717) is 6.04 Å². The minimum atomic E-state index is -0.0803. The monoisotopic (exact) mass is 259 g/mol. The normalized spacial score (nSPS) is 26.9. The predicted molar refractivity (Wildman–Crippen MR) is 76.2 cm³/mol. The lowest BCUT2D eigenvalue weighted by Gasteiger charge is -2.39. The van der Waals surface area contributed by atoms with E-state index in [2.05, 4.69) is 36.3 Å². The van der Waals surface area contributed by atoms with Crippen LogP contribution < -0.4 is 5.32 Å². The third-order valence-electron chi connectivity index (χ3n) is 4.18. The maximum atomic E-state index is 12.6. The van der Waals surface area contributed by atoms with E-state index in [0.717, 1.165) is 31.7 Å². The van der Waals surface area contributed by atoms with Crippen LogP contribution >= 0.6 is 0 Å². The van der Waals surface area contributed by atoms with Crippen LogP contribution in [0.2, 0.25) is 0 Å². The minimum Gasteiger partial charge on any atom is -0.373 e. The Morgan fingerprint density at radius 2 is 2.11 bits per heavy atom. The molecule has 1 fully saturated rings. The molecule has 3 rings (SSSR count). The molecule has 19 heavy (non-hydrogen) atoms. The van der Waals surface area contributed by atoms with Crippen LogP contribution in [0.5, 0.6) is 0 Å². The first-order valence-corrected chi connectivity index (χ1v) is 6.98. The highest BCUT2D eigenvalue weighted by atomic mass is 16.2. The highest BCUT2D eigenvalue weighted by Gasteiger charge is 2.33. The van der Waals surface area contributed by atoms with Crippen molar-refractivity contribution in [1.29, 1.82) is 0 Å². The second kappa shape index (κ2) is 4.85. The second-order valence-corrected chi connectivity index (χ2v) is 5.70. The summed E-state index contributed by atoms with van der Waals surface area (Å²) in [6, 6.07) is 8.42. The van der Waals surface area contributed by atoms with Gasteiger partial charge >= 0.3 is 0 Å². The number of para-hydroxylation sites is 1. The number of hydrogen-bond acceptors (Lipinski definition) is 3. The number of carbonyl (C=O) groups is 1. The van der Waals surface area contributed by atoms with Gasteiger partial charge in [-0.2, -0.15) is 0 Å². The van der Waals surface area contributed by atoms with E-state index in [-0.39, 0.29) is 11.9 Å². The summed E-state index contributed by atoms with van der Waals surface area (Å²) < 4.78 is 0. The van der Waals surface area contributed by atoms with Gasteiger partial charge in [0.2, 0.25) is 5.91 Å². The number of hydrogen-bond donors (Lipinski definition) is 1. The number of carbonyl (C=O) groups excluding carboxylic acids is 1. The molecule has 1 aromatic rings. The molecule has 1 N–H and O–H groups in total. The zero-order valence-electron chi connectivity index (χ0n) is 11.6. The van der Waals surface area contributed by atoms with Crippen molar-refractivity contribution >= 4 is 11.6 Å². The van der Waals surface area contributed by atoms with E-state index in [1.165, 1.54) is 5.56 Å². The van der Waals surface area contributed by atoms with Crippen LogP contribution in [-0.4, -0.2) is 54.5 Å². The summed E-state index contributed by atoms with van der Waals surface area (Å²) in [6.07, 6.45) is 0.814. The SMILES string of the molecule is CC1CN(C)CCN1C(=O)[C@@H]1Cc2ccccc2N1. The average molecular weight is 259 g/mol. The Kier molecular flexibility index (Phi) is 3.19. The molecule has 2 aliphatic rings. The number of anilines is 1. The van der Waals surface area contributed by atoms with Crippen molar-refractivity contribution in [2.45, 2.75) is 25.4 Å². The molecule has 0 saturated carbocycles. The van der Waals surface area contributed by atoms with Crippen molar-refractivity contribution in [3.8, 4) is 0 Å². The van der Waals surface area contributed by atoms with E-state index >= 15 is 0 Å². The van der Waals surface area contributed by atoms with E-state index < -0.39 is 0 Å². The molecule has 0 spiro atoms. The van der Waals surface area contributed by atoms with Gasteiger partial charge in [-0.25, -0.2) is 0 Å². The molecular formula is C15H21N3O. The largest absolute Gasteiger partial charge is 0.373 e. The van der Waals surface area contributed by atoms with Gasteiger partial charge in [0.25, 0.3) is 0 Å². The van der Waals surface area contributed by atoms with Crippen LogP contribution in [0.4, 0.5) is 5.69 Å². The molecule has 0 radical (unpaired) electrons. The minimum absolute atomic E-state index is 0.0803. The Morgan fingerprint density at radius 1 is 1.32 bits per heavy atom. The fourth-order valence-corrected chi connectivity index (χ4v) is 3.11. The van der Waals surface area contributed by atoms with E-state index in [1.807, 2.05) is 17.0 Å². The van der Waals surface area contributed by atoms with E-state index in [4.69, 9.17) is 0 Å². The van der Waals surface area contributed by atoms with E-state index in [1.54, 1.807) is 0 Å². The van der Waals surface area contributed by atoms with Crippen LogP contribution in [0.25, 0.3) is 0 Å². The van der Waals surface area contributed by atoms with Crippen molar-refractivity contribution in [3.05, 3.63) is 29.8 Å². The maximum Gasteiger partial charge on any atom is 0.245 e. The van der Waals surface area contributed by atoms with Crippen LogP contribution in [0, 0.1) is 0 Å². The number of rotatable bonds is 1. The van der Waals surface area contributed by atoms with Gasteiger partial charge < -0.3 is 15.1 Å². The van der Waals surface area contributed by atoms with Crippen molar-refractivity contribution in [2.75, 3.05) is 32.0 Å². The lowest BCUT2D eigenvalue weighted by atomic mass is 10.1. The number of amides is 1. The van der Waals surface area contributed by atoms with Gasteiger partial charge in [0.1, 0.15) is 6.04 Å². The average Bonchev–Trinajstić information content (AvgIpc) is 2.81. The summed E-state index contributed by atoms with van der Waals surface area (Å²) >= 11 is 0. The number of nitrogens with zero attached hydrogens (tertiary/aromatic N) is 2. The van der Waals surface area contributed by atoms with Crippen molar-refractivity contribution in [2.24, 2.45) is 0 Å². The van der Waals surface area contributed by atoms with Crippen LogP contribution in [0.1, 0.15) is 12.5 Å². The number of benzene rings is 1. The number of nitrogens with one attached hydrogen (secondary N) is 1. The van der Waals surface area contributed by atoms with Crippen LogP contribution in [0.15, 0.2) is 24.3 Å². The smallest absolute Gasteiger partial charge is 0.245 e. The van der Waals surface area contributed by atoms with Crippen molar-refractivity contribution in [3.63, 3.8) is 0 Å². The summed E-state index contributed by atoms with van der Waals surface area (Å²) in [5, 5.41) is 3.36. The first-order valence-electron chi connectivity index (χ1n) is 6.98. The summed E-state index contributed by atoms with van der Waals surface area (Å²) in [5.74, 6) is 0.247. The second-order valence-electron chi connectivity index (χ2n) is 5.70. The van der Waals surface area contributed by atoms with Crippen LogP contribution in [0.3, 0.4) is 0 Å². The summed E-state index contributed by atoms with van der Waals surface area (Å²) in [5.41, 5.74) is 2.37. The fourth-order valence-electron chi connectivity index (χ4n) is 3.11. The fraction of sp³-hybridized carbons (Fsp3) is 0.533. The topological polar surface area (TPSA) is 35.6 Å². The van der Waals surface area contributed by atoms with Crippen LogP contribution in [-0.2, 0) is 11.2 Å². The lowest BCUT2D eigenvalue weighted by molar-refractivity contribution is -0.136. The lowest BCUT2D eigenvalue weighted by Crippen LogP contribution is -2.56. The summed E-state index contributed by atoms with van der Waals surface area (Å²) in [7, 11) is 2.11. The Bertz CT molecular complexity index is 463. The molecule has 0 aromatic heterocycles. The molecule has 2 atom stereocenters. The Labute approximate surface area is 114 Å². The van der Waals surface area contributed by atoms with Gasteiger partial charge in [-0.1, -0.05) is 18.2 Å². The van der Waals surface area contributed by atoms with Gasteiger partial charge in [0.05, 0.1) is 0 Å². The molecular weight excluding hydrogens is 238 g/mol. The first kappa shape index (κ1) is 12.5. The molecule has 1 amide bonds. The van der Waals surface area contributed by atoms with Crippen molar-refractivity contribution < 1.29 is 4.79 Å². The molecule has 1 saturated heterocycles. The molecule has 4 nitrogen and oxygen atoms in total. The number of fused-ring (bicyclic) bond motifs is 1. The molecule has 2 aliphatic heterocycles. The third-order valence-corrected chi connectivity index (χ3v) is 4.18. The standard InChI is InChI=1S/C15H21N3O/c1-11-10-17(2)7-8-18(11)15(19)14-9-12-5-3-4-6-13(12)16-14/h3-6,11,14,16H,7-10H2,1-2H3/t11?,14-/m0/s1. The summed E-state index contributed by atoms with van der Waals surface area (Å²) in [4.78, 5) is 16.9. The summed E-state index contributed by atoms with van der Waals surface area (Å²) in [6.45, 7) is 4.90. The zero-order chi connectivity index (χ0) is 13.4. The molecule has 2 heterocycles. The molecule has 102 valence electrons. The predicted octanol–water partition coefficient (Wildman–Crippen LogP) is 1.19. The van der Waals surface area contributed by atoms with Crippen molar-refractivity contribution in [1.82, 2.24) is 9.80 Å². The third kappa shape index (κ3) is 2.32. The molecule has 1 unspecified atom stereocenters. The van der Waals surface area contributed by atoms with E-state index in [9.17, 15) is 4.79 Å². The Morgan fingerprint density at radius 3 is 2.84 bits per heavy atom. The van der Waals surface area contributed by atoms with Gasteiger partial charge in [-0.3, -0.25) is 4.79 Å². The molecule has 4 heteroatoms. The maximum absolute atomic E-state index is 12.6. The highest BCUT2D eigenvalue weighted by molar-refractivity contribution is 5.87. The Balaban J connectivity index is 1.70. The van der Waals surface area contributed by atoms with Gasteiger partial charge in [-0.15, -0.1) is 0 Å². The van der Waals surface area contributed by atoms with Gasteiger partial charge in [0.15, 0.2) is 0 Å². The molecule has 0 bridgehead atoms. The Hall–Kier alpha value is -1.55. The van der Waals surface area contributed by atoms with Gasteiger partial charge in [-0.05, 0) is 25.6 Å². The zero-order valence-corrected chi connectivity index (χ0v) is 11.6. The van der Waals surface area contributed by atoms with Gasteiger partial charge in [0, 0.05) is 37.8 Å². The first-order chi connectivity index (χ1) is 9.15.